The Morgan fingerprint density at radius 1 is 1.20 bits per heavy atom. The maximum atomic E-state index is 9.40. The molecule has 0 amide bonds. The van der Waals surface area contributed by atoms with Crippen molar-refractivity contribution in [2.45, 2.75) is 12.6 Å². The number of H-pyrrole nitrogens is 1. The Bertz CT molecular complexity index is 740. The van der Waals surface area contributed by atoms with Gasteiger partial charge >= 0.3 is 0 Å². The van der Waals surface area contributed by atoms with E-state index in [1.807, 2.05) is 42.6 Å². The third kappa shape index (κ3) is 2.40. The standard InChI is InChI=1S/C16H14N4/c17-9-16(19-10-12-5-7-18-8-6-12)14-11-20-15-4-2-1-3-13(14)15/h1-8,11,16,19-20H,10H2. The summed E-state index contributed by atoms with van der Waals surface area (Å²) in [6.07, 6.45) is 5.41. The highest BCUT2D eigenvalue weighted by Gasteiger charge is 2.14. The van der Waals surface area contributed by atoms with Crippen LogP contribution in [0.25, 0.3) is 10.9 Å². The van der Waals surface area contributed by atoms with Crippen molar-refractivity contribution in [1.29, 1.82) is 5.26 Å². The molecule has 1 unspecified atom stereocenters. The second-order valence-corrected chi connectivity index (χ2v) is 4.59. The van der Waals surface area contributed by atoms with Gasteiger partial charge in [-0.05, 0) is 23.8 Å². The fourth-order valence-corrected chi connectivity index (χ4v) is 2.28. The van der Waals surface area contributed by atoms with Gasteiger partial charge in [0.15, 0.2) is 0 Å². The molecule has 0 fully saturated rings. The number of nitrogens with one attached hydrogen (secondary N) is 2. The summed E-state index contributed by atoms with van der Waals surface area (Å²) in [7, 11) is 0. The molecule has 0 aliphatic rings. The van der Waals surface area contributed by atoms with E-state index in [1.165, 1.54) is 0 Å². The SMILES string of the molecule is N#CC(NCc1ccncc1)c1c[nH]c2ccccc12. The summed E-state index contributed by atoms with van der Waals surface area (Å²) in [5.74, 6) is 0. The van der Waals surface area contributed by atoms with Crippen LogP contribution in [0.4, 0.5) is 0 Å². The molecule has 0 bridgehead atoms. The Balaban J connectivity index is 1.82. The zero-order valence-corrected chi connectivity index (χ0v) is 10.9. The van der Waals surface area contributed by atoms with Crippen LogP contribution in [-0.4, -0.2) is 9.97 Å². The van der Waals surface area contributed by atoms with Crippen LogP contribution < -0.4 is 5.32 Å². The first-order chi connectivity index (χ1) is 9.88. The molecule has 3 rings (SSSR count). The normalized spacial score (nSPS) is 12.2. The third-order valence-electron chi connectivity index (χ3n) is 3.32. The number of hydrogen-bond acceptors (Lipinski definition) is 3. The molecule has 1 aromatic carbocycles. The van der Waals surface area contributed by atoms with Crippen LogP contribution in [0.15, 0.2) is 55.0 Å². The highest BCUT2D eigenvalue weighted by atomic mass is 14.9. The maximum absolute atomic E-state index is 9.40. The number of aromatic amines is 1. The van der Waals surface area contributed by atoms with Gasteiger partial charge in [0, 0.05) is 41.6 Å². The zero-order chi connectivity index (χ0) is 13.8. The van der Waals surface area contributed by atoms with E-state index in [0.717, 1.165) is 22.0 Å². The van der Waals surface area contributed by atoms with Crippen LogP contribution in [0.5, 0.6) is 0 Å². The molecule has 2 heterocycles. The van der Waals surface area contributed by atoms with Crippen molar-refractivity contribution < 1.29 is 0 Å². The largest absolute Gasteiger partial charge is 0.361 e. The Labute approximate surface area is 117 Å². The molecular formula is C16H14N4. The van der Waals surface area contributed by atoms with Crippen LogP contribution >= 0.6 is 0 Å². The van der Waals surface area contributed by atoms with Gasteiger partial charge in [0.25, 0.3) is 0 Å². The van der Waals surface area contributed by atoms with E-state index in [9.17, 15) is 5.26 Å². The quantitative estimate of drug-likeness (QED) is 0.759. The van der Waals surface area contributed by atoms with Crippen LogP contribution in [0.1, 0.15) is 17.2 Å². The molecule has 0 saturated heterocycles. The van der Waals surface area contributed by atoms with Gasteiger partial charge in [-0.15, -0.1) is 0 Å². The van der Waals surface area contributed by atoms with E-state index in [2.05, 4.69) is 21.4 Å². The predicted molar refractivity (Wildman–Crippen MR) is 77.7 cm³/mol. The number of para-hydroxylation sites is 1. The van der Waals surface area contributed by atoms with Gasteiger partial charge in [-0.2, -0.15) is 5.26 Å². The van der Waals surface area contributed by atoms with Crippen molar-refractivity contribution in [2.24, 2.45) is 0 Å². The van der Waals surface area contributed by atoms with Crippen LogP contribution in [0.3, 0.4) is 0 Å². The second kappa shape index (κ2) is 5.55. The molecule has 1 atom stereocenters. The van der Waals surface area contributed by atoms with Gasteiger partial charge in [-0.1, -0.05) is 18.2 Å². The van der Waals surface area contributed by atoms with Crippen molar-refractivity contribution >= 4 is 10.9 Å². The van der Waals surface area contributed by atoms with Gasteiger partial charge in [0.1, 0.15) is 6.04 Å². The van der Waals surface area contributed by atoms with Crippen molar-refractivity contribution in [1.82, 2.24) is 15.3 Å². The average molecular weight is 262 g/mol. The number of aromatic nitrogens is 2. The van der Waals surface area contributed by atoms with Crippen LogP contribution in [0, 0.1) is 11.3 Å². The van der Waals surface area contributed by atoms with E-state index in [1.54, 1.807) is 12.4 Å². The highest BCUT2D eigenvalue weighted by molar-refractivity contribution is 5.83. The lowest BCUT2D eigenvalue weighted by Gasteiger charge is -2.10. The molecule has 3 aromatic rings. The number of nitriles is 1. The lowest BCUT2D eigenvalue weighted by molar-refractivity contribution is 0.633. The second-order valence-electron chi connectivity index (χ2n) is 4.59. The van der Waals surface area contributed by atoms with Gasteiger partial charge in [0.05, 0.1) is 6.07 Å². The average Bonchev–Trinajstić information content (AvgIpc) is 2.93. The van der Waals surface area contributed by atoms with Crippen molar-refractivity contribution in [3.63, 3.8) is 0 Å². The summed E-state index contributed by atoms with van der Waals surface area (Å²) in [4.78, 5) is 7.19. The molecule has 20 heavy (non-hydrogen) atoms. The van der Waals surface area contributed by atoms with Gasteiger partial charge < -0.3 is 4.98 Å². The van der Waals surface area contributed by atoms with Gasteiger partial charge in [0.2, 0.25) is 0 Å². The van der Waals surface area contributed by atoms with E-state index in [4.69, 9.17) is 0 Å². The number of rotatable bonds is 4. The number of benzene rings is 1. The fraction of sp³-hybridized carbons (Fsp3) is 0.125. The lowest BCUT2D eigenvalue weighted by atomic mass is 10.1. The Morgan fingerprint density at radius 3 is 2.80 bits per heavy atom. The summed E-state index contributed by atoms with van der Waals surface area (Å²) < 4.78 is 0. The molecule has 4 heteroatoms. The zero-order valence-electron chi connectivity index (χ0n) is 10.9. The Morgan fingerprint density at radius 2 is 2.00 bits per heavy atom. The maximum Gasteiger partial charge on any atom is 0.123 e. The topological polar surface area (TPSA) is 64.5 Å². The first kappa shape index (κ1) is 12.4. The van der Waals surface area contributed by atoms with E-state index >= 15 is 0 Å². The molecule has 0 saturated carbocycles. The third-order valence-corrected chi connectivity index (χ3v) is 3.32. The van der Waals surface area contributed by atoms with Crippen LogP contribution in [0.2, 0.25) is 0 Å². The molecule has 2 aromatic heterocycles. The Hall–Kier alpha value is -2.64. The fourth-order valence-electron chi connectivity index (χ4n) is 2.28. The van der Waals surface area contributed by atoms with Crippen molar-refractivity contribution in [2.75, 3.05) is 0 Å². The molecule has 0 aliphatic carbocycles. The minimum atomic E-state index is -0.334. The molecule has 2 N–H and O–H groups in total. The number of nitrogens with zero attached hydrogens (tertiary/aromatic N) is 2. The van der Waals surface area contributed by atoms with Crippen molar-refractivity contribution in [3.05, 3.63) is 66.1 Å². The molecular weight excluding hydrogens is 248 g/mol. The van der Waals surface area contributed by atoms with E-state index in [-0.39, 0.29) is 6.04 Å². The summed E-state index contributed by atoms with van der Waals surface area (Å²) in [6, 6.07) is 13.9. The molecule has 98 valence electrons. The van der Waals surface area contributed by atoms with E-state index in [0.29, 0.717) is 6.54 Å². The summed E-state index contributed by atoms with van der Waals surface area (Å²) in [5.41, 5.74) is 3.14. The molecule has 0 radical (unpaired) electrons. The monoisotopic (exact) mass is 262 g/mol. The number of hydrogen-bond donors (Lipinski definition) is 2. The van der Waals surface area contributed by atoms with Gasteiger partial charge in [-0.3, -0.25) is 10.3 Å². The minimum Gasteiger partial charge on any atom is -0.361 e. The summed E-state index contributed by atoms with van der Waals surface area (Å²) in [6.45, 7) is 0.639. The van der Waals surface area contributed by atoms with Crippen molar-refractivity contribution in [3.8, 4) is 6.07 Å². The summed E-state index contributed by atoms with van der Waals surface area (Å²) in [5, 5.41) is 13.8. The number of fused-ring (bicyclic) bond motifs is 1. The highest BCUT2D eigenvalue weighted by Crippen LogP contribution is 2.23. The van der Waals surface area contributed by atoms with Crippen LogP contribution in [-0.2, 0) is 6.54 Å². The molecule has 4 nitrogen and oxygen atoms in total. The molecule has 0 spiro atoms. The lowest BCUT2D eigenvalue weighted by Crippen LogP contribution is -2.19. The smallest absolute Gasteiger partial charge is 0.123 e. The first-order valence-electron chi connectivity index (χ1n) is 6.46. The first-order valence-corrected chi connectivity index (χ1v) is 6.46. The minimum absolute atomic E-state index is 0.334. The summed E-state index contributed by atoms with van der Waals surface area (Å²) >= 11 is 0. The Kier molecular flexibility index (Phi) is 3.44. The van der Waals surface area contributed by atoms with Gasteiger partial charge in [-0.25, -0.2) is 0 Å². The predicted octanol–water partition coefficient (Wildman–Crippen LogP) is 2.92. The van der Waals surface area contributed by atoms with E-state index < -0.39 is 0 Å². The number of pyridine rings is 1. The molecule has 0 aliphatic heterocycles.